The maximum absolute atomic E-state index is 12.8. The standard InChI is InChI=1S/C14H18N4O3S/c19-22(20,13-3-1-2-12-14(13)16-21-15-12)18-8-6-17(7-9-18)10-11-4-5-11/h1-3,11H,4-10H2. The molecule has 1 aliphatic heterocycles. The van der Waals surface area contributed by atoms with E-state index in [4.69, 9.17) is 0 Å². The van der Waals surface area contributed by atoms with Gasteiger partial charge in [0.2, 0.25) is 10.0 Å². The molecule has 0 amide bonds. The Morgan fingerprint density at radius 1 is 1.14 bits per heavy atom. The predicted molar refractivity (Wildman–Crippen MR) is 79.7 cm³/mol. The molecule has 2 aliphatic rings. The van der Waals surface area contributed by atoms with Gasteiger partial charge in [0, 0.05) is 32.7 Å². The van der Waals surface area contributed by atoms with Crippen LogP contribution in [0.2, 0.25) is 0 Å². The average Bonchev–Trinajstić information content (AvgIpc) is 3.20. The number of hydrogen-bond donors (Lipinski definition) is 0. The summed E-state index contributed by atoms with van der Waals surface area (Å²) in [6.07, 6.45) is 2.64. The Balaban J connectivity index is 1.55. The number of rotatable bonds is 4. The third-order valence-corrected chi connectivity index (χ3v) is 6.34. The Morgan fingerprint density at radius 3 is 2.64 bits per heavy atom. The molecule has 0 atom stereocenters. The van der Waals surface area contributed by atoms with Gasteiger partial charge in [0.15, 0.2) is 5.52 Å². The minimum absolute atomic E-state index is 0.182. The number of piperazine rings is 1. The molecule has 7 nitrogen and oxygen atoms in total. The van der Waals surface area contributed by atoms with Crippen molar-refractivity contribution in [2.24, 2.45) is 5.92 Å². The number of fused-ring (bicyclic) bond motifs is 1. The first-order valence-corrected chi connectivity index (χ1v) is 9.02. The summed E-state index contributed by atoms with van der Waals surface area (Å²) in [4.78, 5) is 2.55. The Kier molecular flexibility index (Phi) is 3.39. The number of sulfonamides is 1. The van der Waals surface area contributed by atoms with Gasteiger partial charge >= 0.3 is 0 Å². The van der Waals surface area contributed by atoms with Crippen molar-refractivity contribution in [3.8, 4) is 0 Å². The SMILES string of the molecule is O=S(=O)(c1cccc2nonc12)N1CCN(CC2CC2)CC1. The first-order valence-electron chi connectivity index (χ1n) is 7.58. The Bertz CT molecular complexity index is 776. The fourth-order valence-corrected chi connectivity index (χ4v) is 4.51. The molecule has 0 unspecified atom stereocenters. The zero-order valence-corrected chi connectivity index (χ0v) is 13.0. The van der Waals surface area contributed by atoms with Crippen LogP contribution in [0.5, 0.6) is 0 Å². The fourth-order valence-electron chi connectivity index (χ4n) is 2.95. The molecule has 0 spiro atoms. The van der Waals surface area contributed by atoms with E-state index in [1.54, 1.807) is 22.5 Å². The summed E-state index contributed by atoms with van der Waals surface area (Å²) in [5.41, 5.74) is 0.774. The summed E-state index contributed by atoms with van der Waals surface area (Å²) >= 11 is 0. The van der Waals surface area contributed by atoms with Crippen LogP contribution in [0.3, 0.4) is 0 Å². The van der Waals surface area contributed by atoms with Gasteiger partial charge in [-0.2, -0.15) is 4.31 Å². The average molecular weight is 322 g/mol. The van der Waals surface area contributed by atoms with Crippen molar-refractivity contribution in [1.82, 2.24) is 19.5 Å². The highest BCUT2D eigenvalue weighted by Gasteiger charge is 2.32. The summed E-state index contributed by atoms with van der Waals surface area (Å²) < 4.78 is 31.9. The van der Waals surface area contributed by atoms with E-state index in [0.717, 1.165) is 25.6 Å². The first-order chi connectivity index (χ1) is 10.6. The smallest absolute Gasteiger partial charge is 0.245 e. The van der Waals surface area contributed by atoms with Crippen molar-refractivity contribution in [3.05, 3.63) is 18.2 Å². The van der Waals surface area contributed by atoms with E-state index in [0.29, 0.717) is 24.1 Å². The predicted octanol–water partition coefficient (Wildman–Crippen LogP) is 0.939. The fraction of sp³-hybridized carbons (Fsp3) is 0.571. The number of nitrogens with zero attached hydrogens (tertiary/aromatic N) is 4. The van der Waals surface area contributed by atoms with Gasteiger partial charge in [-0.25, -0.2) is 13.0 Å². The lowest BCUT2D eigenvalue weighted by Crippen LogP contribution is -2.49. The molecule has 1 saturated carbocycles. The van der Waals surface area contributed by atoms with Crippen molar-refractivity contribution < 1.29 is 13.0 Å². The van der Waals surface area contributed by atoms with E-state index in [1.165, 1.54) is 12.8 Å². The maximum atomic E-state index is 12.8. The van der Waals surface area contributed by atoms with Crippen molar-refractivity contribution >= 4 is 21.1 Å². The van der Waals surface area contributed by atoms with Crippen LogP contribution in [-0.2, 0) is 10.0 Å². The van der Waals surface area contributed by atoms with Crippen LogP contribution in [-0.4, -0.2) is 60.7 Å². The zero-order valence-electron chi connectivity index (χ0n) is 12.2. The summed E-state index contributed by atoms with van der Waals surface area (Å²) in [7, 11) is -3.55. The highest BCUT2D eigenvalue weighted by molar-refractivity contribution is 7.89. The molecule has 1 aromatic carbocycles. The third-order valence-electron chi connectivity index (χ3n) is 4.41. The molecule has 0 N–H and O–H groups in total. The number of benzene rings is 1. The molecule has 1 saturated heterocycles. The van der Waals surface area contributed by atoms with E-state index < -0.39 is 10.0 Å². The molecule has 2 aromatic rings. The Hall–Kier alpha value is -1.51. The molecule has 1 aliphatic carbocycles. The second-order valence-corrected chi connectivity index (χ2v) is 7.94. The molecule has 118 valence electrons. The van der Waals surface area contributed by atoms with E-state index in [9.17, 15) is 8.42 Å². The van der Waals surface area contributed by atoms with Crippen LogP contribution in [0.1, 0.15) is 12.8 Å². The molecular formula is C14H18N4O3S. The lowest BCUT2D eigenvalue weighted by atomic mass is 10.3. The minimum atomic E-state index is -3.55. The van der Waals surface area contributed by atoms with Crippen molar-refractivity contribution in [2.45, 2.75) is 17.7 Å². The first kappa shape index (κ1) is 14.1. The van der Waals surface area contributed by atoms with Gasteiger partial charge in [-0.05, 0) is 41.2 Å². The quantitative estimate of drug-likeness (QED) is 0.833. The lowest BCUT2D eigenvalue weighted by molar-refractivity contribution is 0.182. The normalized spacial score (nSPS) is 21.5. The van der Waals surface area contributed by atoms with Gasteiger partial charge in [0.05, 0.1) is 0 Å². The summed E-state index contributed by atoms with van der Waals surface area (Å²) in [5.74, 6) is 0.832. The van der Waals surface area contributed by atoms with Crippen LogP contribution in [0.15, 0.2) is 27.7 Å². The van der Waals surface area contributed by atoms with Gasteiger partial charge < -0.3 is 4.90 Å². The molecule has 2 fully saturated rings. The van der Waals surface area contributed by atoms with Crippen LogP contribution in [0.4, 0.5) is 0 Å². The summed E-state index contributed by atoms with van der Waals surface area (Å²) in [5, 5.41) is 7.45. The van der Waals surface area contributed by atoms with Gasteiger partial charge in [0.25, 0.3) is 0 Å². The van der Waals surface area contributed by atoms with Crippen LogP contribution in [0.25, 0.3) is 11.0 Å². The maximum Gasteiger partial charge on any atom is 0.245 e. The van der Waals surface area contributed by atoms with E-state index >= 15 is 0 Å². The second-order valence-electron chi connectivity index (χ2n) is 6.04. The van der Waals surface area contributed by atoms with E-state index in [-0.39, 0.29) is 4.90 Å². The molecule has 8 heteroatoms. The van der Waals surface area contributed by atoms with Crippen LogP contribution in [0, 0.1) is 5.92 Å². The molecule has 0 bridgehead atoms. The Morgan fingerprint density at radius 2 is 1.91 bits per heavy atom. The molecule has 1 aromatic heterocycles. The summed E-state index contributed by atoms with van der Waals surface area (Å²) in [6.45, 7) is 3.75. The second kappa shape index (κ2) is 5.29. The van der Waals surface area contributed by atoms with Gasteiger partial charge in [-0.3, -0.25) is 0 Å². The van der Waals surface area contributed by atoms with Crippen LogP contribution < -0.4 is 0 Å². The third kappa shape index (κ3) is 2.51. The lowest BCUT2D eigenvalue weighted by Gasteiger charge is -2.33. The van der Waals surface area contributed by atoms with E-state index in [2.05, 4.69) is 19.8 Å². The highest BCUT2D eigenvalue weighted by atomic mass is 32.2. The van der Waals surface area contributed by atoms with Gasteiger partial charge in [0.1, 0.15) is 10.4 Å². The van der Waals surface area contributed by atoms with Gasteiger partial charge in [-0.15, -0.1) is 0 Å². The number of aromatic nitrogens is 2. The monoisotopic (exact) mass is 322 g/mol. The zero-order chi connectivity index (χ0) is 15.2. The molecule has 0 radical (unpaired) electrons. The highest BCUT2D eigenvalue weighted by Crippen LogP contribution is 2.30. The molecule has 2 heterocycles. The topological polar surface area (TPSA) is 79.5 Å². The largest absolute Gasteiger partial charge is 0.300 e. The minimum Gasteiger partial charge on any atom is -0.300 e. The molecule has 4 rings (SSSR count). The van der Waals surface area contributed by atoms with Gasteiger partial charge in [-0.1, -0.05) is 6.07 Å². The van der Waals surface area contributed by atoms with E-state index in [1.807, 2.05) is 0 Å². The van der Waals surface area contributed by atoms with Crippen molar-refractivity contribution in [2.75, 3.05) is 32.7 Å². The number of hydrogen-bond acceptors (Lipinski definition) is 6. The molecular weight excluding hydrogens is 304 g/mol. The summed E-state index contributed by atoms with van der Waals surface area (Å²) in [6, 6.07) is 4.93. The van der Waals surface area contributed by atoms with Crippen LogP contribution >= 0.6 is 0 Å². The van der Waals surface area contributed by atoms with Crippen molar-refractivity contribution in [3.63, 3.8) is 0 Å². The molecule has 22 heavy (non-hydrogen) atoms. The van der Waals surface area contributed by atoms with Crippen molar-refractivity contribution in [1.29, 1.82) is 0 Å². The Labute approximate surface area is 128 Å².